The van der Waals surface area contributed by atoms with Crippen LogP contribution in [0.2, 0.25) is 0 Å². The predicted molar refractivity (Wildman–Crippen MR) is 218 cm³/mol. The lowest BCUT2D eigenvalue weighted by Gasteiger charge is -2.22. The standard InChI is InChI=1S/C47H46O10/c1-31(2)45(50)54-27-7-25-52-35-15-9-33(10-16-35)13-23-43(48)56-37-19-21-39-40-22-20-38(30-42(40)47(5,6)41(39)29-37)57-44(49)24-14-34-11-17-36(18-12-34)53-26-8-28-55-46(51)32(3)4/h9-24,29-30H,1,3,7-8,25-28H2,2,4-6H3. The highest BCUT2D eigenvalue weighted by atomic mass is 16.5. The number of benzene rings is 4. The van der Waals surface area contributed by atoms with E-state index >= 15 is 0 Å². The van der Waals surface area contributed by atoms with Gasteiger partial charge in [0.25, 0.3) is 0 Å². The van der Waals surface area contributed by atoms with Gasteiger partial charge in [-0.2, -0.15) is 0 Å². The summed E-state index contributed by atoms with van der Waals surface area (Å²) in [6.07, 6.45) is 7.16. The summed E-state index contributed by atoms with van der Waals surface area (Å²) in [6.45, 7) is 15.7. The molecule has 0 heterocycles. The smallest absolute Gasteiger partial charge is 0.336 e. The van der Waals surface area contributed by atoms with Gasteiger partial charge in [-0.15, -0.1) is 0 Å². The molecule has 0 aromatic heterocycles. The third-order valence-corrected chi connectivity index (χ3v) is 8.92. The largest absolute Gasteiger partial charge is 0.493 e. The Morgan fingerprint density at radius 3 is 1.28 bits per heavy atom. The lowest BCUT2D eigenvalue weighted by atomic mass is 9.82. The molecular weight excluding hydrogens is 725 g/mol. The van der Waals surface area contributed by atoms with E-state index in [-0.39, 0.29) is 13.2 Å². The minimum atomic E-state index is -0.518. The van der Waals surface area contributed by atoms with Gasteiger partial charge in [-0.25, -0.2) is 19.2 Å². The number of carbonyl (C=O) groups is 4. The van der Waals surface area contributed by atoms with Crippen LogP contribution in [0.15, 0.2) is 121 Å². The summed E-state index contributed by atoms with van der Waals surface area (Å²) in [6, 6.07) is 25.6. The van der Waals surface area contributed by atoms with Crippen LogP contribution >= 0.6 is 0 Å². The van der Waals surface area contributed by atoms with Crippen molar-refractivity contribution in [1.29, 1.82) is 0 Å². The van der Waals surface area contributed by atoms with Crippen LogP contribution in [-0.4, -0.2) is 50.3 Å². The van der Waals surface area contributed by atoms with Crippen LogP contribution in [0.3, 0.4) is 0 Å². The molecule has 0 atom stereocenters. The zero-order valence-electron chi connectivity index (χ0n) is 32.6. The fourth-order valence-electron chi connectivity index (χ4n) is 5.88. The molecule has 1 aliphatic rings. The van der Waals surface area contributed by atoms with E-state index in [4.69, 9.17) is 28.4 Å². The van der Waals surface area contributed by atoms with Crippen LogP contribution in [-0.2, 0) is 34.1 Å². The zero-order valence-corrected chi connectivity index (χ0v) is 32.6. The molecule has 0 aliphatic heterocycles. The SMILES string of the molecule is C=C(C)C(=O)OCCCOc1ccc(C=CC(=O)Oc2ccc3c(c2)C(C)(C)c2cc(OC(=O)C=Cc4ccc(OCCCOC(=O)C(=C)C)cc4)ccc2-3)cc1. The summed E-state index contributed by atoms with van der Waals surface area (Å²) in [4.78, 5) is 48.4. The predicted octanol–water partition coefficient (Wildman–Crippen LogP) is 9.01. The number of carbonyl (C=O) groups excluding carboxylic acids is 4. The van der Waals surface area contributed by atoms with Crippen LogP contribution < -0.4 is 18.9 Å². The van der Waals surface area contributed by atoms with Gasteiger partial charge in [0.05, 0.1) is 26.4 Å². The molecule has 0 bridgehead atoms. The summed E-state index contributed by atoms with van der Waals surface area (Å²) < 4.78 is 32.9. The van der Waals surface area contributed by atoms with E-state index < -0.39 is 29.3 Å². The molecule has 0 radical (unpaired) electrons. The van der Waals surface area contributed by atoms with Gasteiger partial charge < -0.3 is 28.4 Å². The van der Waals surface area contributed by atoms with E-state index in [1.165, 1.54) is 12.2 Å². The molecule has 0 saturated heterocycles. The van der Waals surface area contributed by atoms with E-state index in [2.05, 4.69) is 27.0 Å². The fourth-order valence-corrected chi connectivity index (χ4v) is 5.88. The molecule has 0 fully saturated rings. The Labute approximate surface area is 333 Å². The first-order chi connectivity index (χ1) is 27.3. The van der Waals surface area contributed by atoms with Crippen molar-refractivity contribution in [3.63, 3.8) is 0 Å². The van der Waals surface area contributed by atoms with Gasteiger partial charge in [0, 0.05) is 41.6 Å². The highest BCUT2D eigenvalue weighted by Gasteiger charge is 2.36. The average Bonchev–Trinajstić information content (AvgIpc) is 3.41. The third-order valence-electron chi connectivity index (χ3n) is 8.92. The van der Waals surface area contributed by atoms with Crippen LogP contribution in [0, 0.1) is 0 Å². The zero-order chi connectivity index (χ0) is 41.0. The van der Waals surface area contributed by atoms with Gasteiger partial charge in [-0.05, 0) is 108 Å². The normalized spacial score (nSPS) is 12.4. The van der Waals surface area contributed by atoms with Crippen LogP contribution in [0.4, 0.5) is 0 Å². The van der Waals surface area contributed by atoms with E-state index in [1.807, 2.05) is 48.5 Å². The quantitative estimate of drug-likeness (QED) is 0.0419. The molecule has 4 aromatic carbocycles. The highest BCUT2D eigenvalue weighted by molar-refractivity contribution is 5.91. The lowest BCUT2D eigenvalue weighted by molar-refractivity contribution is -0.140. The third kappa shape index (κ3) is 11.7. The molecule has 294 valence electrons. The number of ether oxygens (including phenoxy) is 6. The van der Waals surface area contributed by atoms with Crippen molar-refractivity contribution in [2.75, 3.05) is 26.4 Å². The van der Waals surface area contributed by atoms with Crippen molar-refractivity contribution < 1.29 is 47.6 Å². The highest BCUT2D eigenvalue weighted by Crippen LogP contribution is 2.50. The van der Waals surface area contributed by atoms with E-state index in [1.54, 1.807) is 62.4 Å². The molecule has 10 nitrogen and oxygen atoms in total. The summed E-state index contributed by atoms with van der Waals surface area (Å²) in [5.41, 5.74) is 5.83. The number of fused-ring (bicyclic) bond motifs is 3. The van der Waals surface area contributed by atoms with E-state index in [0.29, 0.717) is 60.2 Å². The molecule has 0 saturated carbocycles. The first-order valence-corrected chi connectivity index (χ1v) is 18.5. The molecule has 10 heteroatoms. The molecule has 4 aromatic rings. The fraction of sp³-hybridized carbons (Fsp3) is 0.234. The van der Waals surface area contributed by atoms with Crippen LogP contribution in [0.25, 0.3) is 23.3 Å². The second kappa shape index (κ2) is 19.3. The molecular formula is C47H46O10. The second-order valence-corrected chi connectivity index (χ2v) is 13.9. The van der Waals surface area contributed by atoms with E-state index in [0.717, 1.165) is 33.4 Å². The van der Waals surface area contributed by atoms with Crippen molar-refractivity contribution in [2.24, 2.45) is 0 Å². The Bertz CT molecular complexity index is 2040. The summed E-state index contributed by atoms with van der Waals surface area (Å²) in [5.74, 6) is 0.278. The molecule has 0 amide bonds. The first kappa shape index (κ1) is 41.5. The van der Waals surface area contributed by atoms with Gasteiger partial charge in [-0.3, -0.25) is 0 Å². The Morgan fingerprint density at radius 1 is 0.544 bits per heavy atom. The summed E-state index contributed by atoms with van der Waals surface area (Å²) >= 11 is 0. The molecule has 57 heavy (non-hydrogen) atoms. The van der Waals surface area contributed by atoms with Crippen molar-refractivity contribution in [2.45, 2.75) is 46.0 Å². The second-order valence-electron chi connectivity index (χ2n) is 13.9. The molecule has 5 rings (SSSR count). The van der Waals surface area contributed by atoms with Crippen molar-refractivity contribution in [1.82, 2.24) is 0 Å². The van der Waals surface area contributed by atoms with Gasteiger partial charge >= 0.3 is 23.9 Å². The number of hydrogen-bond acceptors (Lipinski definition) is 10. The number of rotatable bonds is 18. The van der Waals surface area contributed by atoms with Crippen LogP contribution in [0.5, 0.6) is 23.0 Å². The molecule has 0 N–H and O–H groups in total. The molecule has 0 spiro atoms. The van der Waals surface area contributed by atoms with Gasteiger partial charge in [-0.1, -0.05) is 63.4 Å². The summed E-state index contributed by atoms with van der Waals surface area (Å²) in [7, 11) is 0. The Kier molecular flexibility index (Phi) is 14.0. The topological polar surface area (TPSA) is 124 Å². The Balaban J connectivity index is 1.10. The average molecular weight is 771 g/mol. The van der Waals surface area contributed by atoms with Gasteiger partial charge in [0.1, 0.15) is 23.0 Å². The first-order valence-electron chi connectivity index (χ1n) is 18.5. The van der Waals surface area contributed by atoms with Crippen molar-refractivity contribution >= 4 is 36.0 Å². The van der Waals surface area contributed by atoms with Gasteiger partial charge in [0.15, 0.2) is 0 Å². The van der Waals surface area contributed by atoms with E-state index in [9.17, 15) is 19.2 Å². The Hall–Kier alpha value is -6.68. The summed E-state index contributed by atoms with van der Waals surface area (Å²) in [5, 5.41) is 0. The Morgan fingerprint density at radius 2 is 0.912 bits per heavy atom. The van der Waals surface area contributed by atoms with Crippen LogP contribution in [0.1, 0.15) is 62.8 Å². The van der Waals surface area contributed by atoms with Crippen molar-refractivity contribution in [3.8, 4) is 34.1 Å². The number of esters is 4. The molecule has 1 aliphatic carbocycles. The maximum absolute atomic E-state index is 12.8. The number of hydrogen-bond donors (Lipinski definition) is 0. The maximum atomic E-state index is 12.8. The van der Waals surface area contributed by atoms with Crippen molar-refractivity contribution in [3.05, 3.63) is 144 Å². The maximum Gasteiger partial charge on any atom is 0.336 e. The minimum absolute atomic E-state index is 0.248. The lowest BCUT2D eigenvalue weighted by Crippen LogP contribution is -2.16. The van der Waals surface area contributed by atoms with Gasteiger partial charge in [0.2, 0.25) is 0 Å². The molecule has 0 unspecified atom stereocenters. The monoisotopic (exact) mass is 770 g/mol. The minimum Gasteiger partial charge on any atom is -0.493 e.